The van der Waals surface area contributed by atoms with Gasteiger partial charge in [0, 0.05) is 11.3 Å². The highest BCUT2D eigenvalue weighted by molar-refractivity contribution is 9.09. The molecule has 2 aliphatic rings. The molecule has 0 spiro atoms. The number of carbonyl (C=O) groups is 4. The Hall–Kier alpha value is -1.72. The Morgan fingerprint density at radius 2 is 2.20 bits per heavy atom. The molecule has 0 aromatic heterocycles. The van der Waals surface area contributed by atoms with Gasteiger partial charge >= 0.3 is 5.97 Å². The molecule has 0 aromatic rings. The fraction of sp³-hybridized carbons (Fsp3) is 0.385. The van der Waals surface area contributed by atoms with E-state index in [1.807, 2.05) is 0 Å². The third-order valence-electron chi connectivity index (χ3n) is 3.55. The maximum absolute atomic E-state index is 12.3. The number of aliphatic carboxylic acids is 1. The van der Waals surface area contributed by atoms with Gasteiger partial charge in [0.15, 0.2) is 5.78 Å². The van der Waals surface area contributed by atoms with Crippen LogP contribution < -0.4 is 5.32 Å². The first-order valence-corrected chi connectivity index (χ1v) is 9.37. The van der Waals surface area contributed by atoms with Crippen LogP contribution in [0.2, 0.25) is 0 Å². The average Bonchev–Trinajstić information content (AvgIpc) is 2.59. The molecule has 3 atom stereocenters. The fourth-order valence-electron chi connectivity index (χ4n) is 2.41. The van der Waals surface area contributed by atoms with E-state index < -0.39 is 41.0 Å². The van der Waals surface area contributed by atoms with E-state index in [1.165, 1.54) is 17.8 Å². The quantitative estimate of drug-likeness (QED) is 0.250. The van der Waals surface area contributed by atoms with Crippen LogP contribution in [0.3, 0.4) is 0 Å². The maximum Gasteiger partial charge on any atom is 0.352 e. The highest BCUT2D eigenvalue weighted by Gasteiger charge is 2.54. The standard InChI is InChI=1S/C13H11BrClN3O6S/c14-3-6(19)7(17-24)10(20)16-8-11(21)18-9(13(22)23)5(1-2-15)4-25-12(8)18/h1-2,7-8,12H,3-4H2,(H,16,20)(H,22,23)/t7?,8?,12-/m0/s1. The molecular formula is C13H11BrClN3O6S. The summed E-state index contributed by atoms with van der Waals surface area (Å²) in [6, 6.07) is -2.81. The Bertz CT molecular complexity index is 712. The molecule has 0 radical (unpaired) electrons. The van der Waals surface area contributed by atoms with Crippen LogP contribution >= 0.6 is 39.3 Å². The number of thioether (sulfide) groups is 1. The number of carboxylic acids is 1. The van der Waals surface area contributed by atoms with E-state index in [9.17, 15) is 29.2 Å². The van der Waals surface area contributed by atoms with Crippen molar-refractivity contribution in [2.24, 2.45) is 5.18 Å². The van der Waals surface area contributed by atoms with Crippen LogP contribution in [0.1, 0.15) is 0 Å². The minimum Gasteiger partial charge on any atom is -0.477 e. The van der Waals surface area contributed by atoms with Gasteiger partial charge in [0.05, 0.1) is 5.33 Å². The van der Waals surface area contributed by atoms with E-state index in [0.717, 1.165) is 10.4 Å². The summed E-state index contributed by atoms with van der Waals surface area (Å²) in [5, 5.41) is 13.2. The molecule has 12 heteroatoms. The van der Waals surface area contributed by atoms with Crippen molar-refractivity contribution in [2.75, 3.05) is 11.1 Å². The third-order valence-corrected chi connectivity index (χ3v) is 5.53. The molecule has 2 amide bonds. The number of hydrogen-bond acceptors (Lipinski definition) is 7. The molecular weight excluding hydrogens is 442 g/mol. The fourth-order valence-corrected chi connectivity index (χ4v) is 4.18. The zero-order valence-electron chi connectivity index (χ0n) is 12.3. The number of ketones is 1. The largest absolute Gasteiger partial charge is 0.477 e. The zero-order valence-corrected chi connectivity index (χ0v) is 15.5. The molecule has 2 N–H and O–H groups in total. The van der Waals surface area contributed by atoms with Gasteiger partial charge in [0.1, 0.15) is 17.1 Å². The first-order chi connectivity index (χ1) is 11.9. The third kappa shape index (κ3) is 3.62. The van der Waals surface area contributed by atoms with Crippen molar-refractivity contribution in [3.63, 3.8) is 0 Å². The summed E-state index contributed by atoms with van der Waals surface area (Å²) in [5.74, 6) is -3.42. The van der Waals surface area contributed by atoms with Gasteiger partial charge in [-0.15, -0.1) is 16.7 Å². The van der Waals surface area contributed by atoms with Crippen LogP contribution in [-0.2, 0) is 19.2 Å². The van der Waals surface area contributed by atoms with Crippen LogP contribution in [-0.4, -0.2) is 62.1 Å². The van der Waals surface area contributed by atoms with Gasteiger partial charge in [0.2, 0.25) is 6.04 Å². The molecule has 2 heterocycles. The Balaban J connectivity index is 2.18. The second-order valence-electron chi connectivity index (χ2n) is 4.98. The van der Waals surface area contributed by atoms with Gasteiger partial charge in [-0.25, -0.2) is 4.79 Å². The second kappa shape index (κ2) is 8.11. The molecule has 2 aliphatic heterocycles. The summed E-state index contributed by atoms with van der Waals surface area (Å²) in [6.07, 6.45) is 1.38. The summed E-state index contributed by atoms with van der Waals surface area (Å²) in [6.45, 7) is 0. The number of β-lactam (4-membered cyclic amide) rings is 1. The van der Waals surface area contributed by atoms with E-state index in [1.54, 1.807) is 0 Å². The number of Topliss-reactive ketones (excluding diaryl/α,β-unsaturated/α-hetero) is 1. The normalized spacial score (nSPS) is 23.8. The van der Waals surface area contributed by atoms with Crippen molar-refractivity contribution < 1.29 is 24.3 Å². The van der Waals surface area contributed by atoms with E-state index in [0.29, 0.717) is 5.57 Å². The van der Waals surface area contributed by atoms with Gasteiger partial charge in [0.25, 0.3) is 11.8 Å². The number of allylic oxidation sites excluding steroid dienone is 1. The Kier molecular flexibility index (Phi) is 6.36. The van der Waals surface area contributed by atoms with E-state index in [4.69, 9.17) is 11.6 Å². The molecule has 0 saturated carbocycles. The molecule has 1 fully saturated rings. The number of nitrogens with zero attached hydrogens (tertiary/aromatic N) is 2. The topological polar surface area (TPSA) is 133 Å². The minimum absolute atomic E-state index is 0.210. The van der Waals surface area contributed by atoms with Crippen molar-refractivity contribution in [3.05, 3.63) is 27.8 Å². The molecule has 25 heavy (non-hydrogen) atoms. The van der Waals surface area contributed by atoms with E-state index in [2.05, 4.69) is 26.4 Å². The molecule has 0 bridgehead atoms. The zero-order chi connectivity index (χ0) is 18.7. The predicted molar refractivity (Wildman–Crippen MR) is 93.1 cm³/mol. The van der Waals surface area contributed by atoms with Gasteiger partial charge in [-0.3, -0.25) is 19.3 Å². The first kappa shape index (κ1) is 19.6. The molecule has 2 unspecified atom stereocenters. The lowest BCUT2D eigenvalue weighted by molar-refractivity contribution is -0.151. The second-order valence-corrected chi connectivity index (χ2v) is 6.89. The van der Waals surface area contributed by atoms with Gasteiger partial charge in [-0.2, -0.15) is 0 Å². The van der Waals surface area contributed by atoms with Crippen molar-refractivity contribution in [1.29, 1.82) is 0 Å². The Morgan fingerprint density at radius 1 is 1.52 bits per heavy atom. The van der Waals surface area contributed by atoms with E-state index in [-0.39, 0.29) is 16.8 Å². The number of rotatable bonds is 7. The van der Waals surface area contributed by atoms with Crippen LogP contribution in [0.15, 0.2) is 28.1 Å². The number of nitroso groups, excluding NO2 is 1. The van der Waals surface area contributed by atoms with Gasteiger partial charge < -0.3 is 10.4 Å². The monoisotopic (exact) mass is 451 g/mol. The lowest BCUT2D eigenvalue weighted by Crippen LogP contribution is -2.71. The molecule has 1 saturated heterocycles. The summed E-state index contributed by atoms with van der Waals surface area (Å²) < 4.78 is 0. The summed E-state index contributed by atoms with van der Waals surface area (Å²) in [7, 11) is 0. The molecule has 2 rings (SSSR count). The number of nitrogens with one attached hydrogen (secondary N) is 1. The SMILES string of the molecule is O=NC(C(=O)CBr)C(=O)NC1C(=O)N2C(C(=O)O)=C(C=CCl)CS[C@@H]12. The predicted octanol–water partition coefficient (Wildman–Crippen LogP) is 0.577. The number of carbonyl (C=O) groups excluding carboxylic acids is 3. The number of hydrogen-bond donors (Lipinski definition) is 2. The molecule has 0 aromatic carbocycles. The summed E-state index contributed by atoms with van der Waals surface area (Å²) in [4.78, 5) is 59.0. The summed E-state index contributed by atoms with van der Waals surface area (Å²) in [5.41, 5.74) is 1.30. The average molecular weight is 453 g/mol. The highest BCUT2D eigenvalue weighted by Crippen LogP contribution is 2.40. The molecule has 0 aliphatic carbocycles. The van der Waals surface area contributed by atoms with Gasteiger partial charge in [-0.1, -0.05) is 27.5 Å². The van der Waals surface area contributed by atoms with Crippen molar-refractivity contribution in [2.45, 2.75) is 17.5 Å². The van der Waals surface area contributed by atoms with Crippen LogP contribution in [0.4, 0.5) is 0 Å². The minimum atomic E-state index is -1.76. The highest BCUT2D eigenvalue weighted by atomic mass is 79.9. The maximum atomic E-state index is 12.3. The molecule has 9 nitrogen and oxygen atoms in total. The number of amides is 2. The number of halogens is 2. The van der Waals surface area contributed by atoms with Crippen LogP contribution in [0.5, 0.6) is 0 Å². The lowest BCUT2D eigenvalue weighted by atomic mass is 10.0. The van der Waals surface area contributed by atoms with E-state index >= 15 is 0 Å². The number of fused-ring (bicyclic) bond motifs is 1. The Labute approximate surface area is 158 Å². The van der Waals surface area contributed by atoms with Crippen molar-refractivity contribution >= 4 is 62.9 Å². The van der Waals surface area contributed by atoms with Gasteiger partial charge in [-0.05, 0) is 16.8 Å². The number of alkyl halides is 1. The molecule has 134 valence electrons. The summed E-state index contributed by atoms with van der Waals surface area (Å²) >= 11 is 9.55. The van der Waals surface area contributed by atoms with Crippen molar-refractivity contribution in [3.8, 4) is 0 Å². The first-order valence-electron chi connectivity index (χ1n) is 6.76. The van der Waals surface area contributed by atoms with Crippen LogP contribution in [0, 0.1) is 4.91 Å². The smallest absolute Gasteiger partial charge is 0.352 e. The number of carboxylic acid groups (broad SMARTS) is 1. The van der Waals surface area contributed by atoms with Crippen LogP contribution in [0.25, 0.3) is 0 Å². The van der Waals surface area contributed by atoms with Crippen molar-refractivity contribution in [1.82, 2.24) is 10.2 Å². The lowest BCUT2D eigenvalue weighted by Gasteiger charge is -2.49. The Morgan fingerprint density at radius 3 is 2.72 bits per heavy atom.